The van der Waals surface area contributed by atoms with Crippen LogP contribution in [0.15, 0.2) is 24.3 Å². The van der Waals surface area contributed by atoms with Gasteiger partial charge in [-0.3, -0.25) is 4.90 Å². The lowest BCUT2D eigenvalue weighted by molar-refractivity contribution is 0.241. The zero-order valence-corrected chi connectivity index (χ0v) is 11.1. The zero-order valence-electron chi connectivity index (χ0n) is 11.1. The fourth-order valence-electron chi connectivity index (χ4n) is 2.15. The van der Waals surface area contributed by atoms with Crippen molar-refractivity contribution < 1.29 is 4.74 Å². The predicted molar refractivity (Wildman–Crippen MR) is 74.0 cm³/mol. The normalized spacial score (nSPS) is 16.7. The quantitative estimate of drug-likeness (QED) is 0.727. The lowest BCUT2D eigenvalue weighted by atomic mass is 10.2. The Morgan fingerprint density at radius 1 is 1.22 bits per heavy atom. The maximum absolute atomic E-state index is 5.14. The summed E-state index contributed by atoms with van der Waals surface area (Å²) in [4.78, 5) is 2.50. The van der Waals surface area contributed by atoms with Crippen molar-refractivity contribution in [3.63, 3.8) is 0 Å². The maximum atomic E-state index is 5.14. The smallest absolute Gasteiger partial charge is 0.118 e. The van der Waals surface area contributed by atoms with Gasteiger partial charge in [-0.25, -0.2) is 0 Å². The van der Waals surface area contributed by atoms with Crippen LogP contribution in [-0.4, -0.2) is 51.3 Å². The topological polar surface area (TPSA) is 36.5 Å². The molecule has 0 saturated carbocycles. The lowest BCUT2D eigenvalue weighted by Gasteiger charge is -2.27. The van der Waals surface area contributed by atoms with Gasteiger partial charge in [-0.15, -0.1) is 0 Å². The molecule has 4 nitrogen and oxygen atoms in total. The second-order valence-electron chi connectivity index (χ2n) is 4.62. The van der Waals surface area contributed by atoms with Crippen molar-refractivity contribution in [2.75, 3.05) is 46.4 Å². The molecule has 1 aromatic carbocycles. The van der Waals surface area contributed by atoms with E-state index in [1.807, 2.05) is 12.1 Å². The minimum atomic E-state index is 0.916. The minimum absolute atomic E-state index is 0.916. The maximum Gasteiger partial charge on any atom is 0.118 e. The third kappa shape index (κ3) is 4.29. The van der Waals surface area contributed by atoms with Crippen LogP contribution in [-0.2, 0) is 6.54 Å². The van der Waals surface area contributed by atoms with Crippen molar-refractivity contribution in [1.29, 1.82) is 0 Å². The van der Waals surface area contributed by atoms with Crippen LogP contribution in [0.2, 0.25) is 0 Å². The summed E-state index contributed by atoms with van der Waals surface area (Å²) in [6.45, 7) is 7.70. The van der Waals surface area contributed by atoms with Crippen LogP contribution in [0.25, 0.3) is 0 Å². The number of nitrogens with one attached hydrogen (secondary N) is 2. The molecule has 0 amide bonds. The van der Waals surface area contributed by atoms with E-state index < -0.39 is 0 Å². The molecule has 0 atom stereocenters. The van der Waals surface area contributed by atoms with Crippen molar-refractivity contribution in [1.82, 2.24) is 15.5 Å². The minimum Gasteiger partial charge on any atom is -0.497 e. The van der Waals surface area contributed by atoms with E-state index in [4.69, 9.17) is 4.74 Å². The summed E-state index contributed by atoms with van der Waals surface area (Å²) in [6, 6.07) is 8.23. The van der Waals surface area contributed by atoms with Gasteiger partial charge in [0.05, 0.1) is 7.11 Å². The summed E-state index contributed by atoms with van der Waals surface area (Å²) in [5.74, 6) is 0.916. The van der Waals surface area contributed by atoms with Gasteiger partial charge in [0, 0.05) is 45.8 Å². The van der Waals surface area contributed by atoms with Crippen LogP contribution < -0.4 is 15.4 Å². The number of hydrogen-bond acceptors (Lipinski definition) is 4. The molecule has 0 aliphatic carbocycles. The molecule has 100 valence electrons. The number of piperazine rings is 1. The largest absolute Gasteiger partial charge is 0.497 e. The van der Waals surface area contributed by atoms with E-state index in [1.54, 1.807) is 7.11 Å². The van der Waals surface area contributed by atoms with Crippen molar-refractivity contribution in [3.05, 3.63) is 29.8 Å². The highest BCUT2D eigenvalue weighted by molar-refractivity contribution is 5.26. The first kappa shape index (κ1) is 13.3. The molecule has 0 bridgehead atoms. The Kier molecular flexibility index (Phi) is 5.45. The number of rotatable bonds is 6. The van der Waals surface area contributed by atoms with Gasteiger partial charge in [-0.05, 0) is 17.7 Å². The molecule has 4 heteroatoms. The van der Waals surface area contributed by atoms with Gasteiger partial charge in [0.25, 0.3) is 0 Å². The molecule has 1 heterocycles. The standard InChI is InChI=1S/C14H23N3O/c1-18-14-4-2-13(3-5-14)12-16-8-11-17-9-6-15-7-10-17/h2-5,15-16H,6-12H2,1H3. The fraction of sp³-hybridized carbons (Fsp3) is 0.571. The van der Waals surface area contributed by atoms with Gasteiger partial charge < -0.3 is 15.4 Å². The molecule has 1 fully saturated rings. The Labute approximate surface area is 109 Å². The van der Waals surface area contributed by atoms with E-state index in [0.717, 1.165) is 38.5 Å². The molecule has 0 unspecified atom stereocenters. The van der Waals surface area contributed by atoms with Crippen LogP contribution >= 0.6 is 0 Å². The molecule has 2 N–H and O–H groups in total. The number of methoxy groups -OCH3 is 1. The van der Waals surface area contributed by atoms with Crippen LogP contribution in [0.4, 0.5) is 0 Å². The molecular weight excluding hydrogens is 226 g/mol. The second-order valence-corrected chi connectivity index (χ2v) is 4.62. The Morgan fingerprint density at radius 2 is 1.94 bits per heavy atom. The highest BCUT2D eigenvalue weighted by Gasteiger charge is 2.07. The van der Waals surface area contributed by atoms with Crippen molar-refractivity contribution >= 4 is 0 Å². The lowest BCUT2D eigenvalue weighted by Crippen LogP contribution is -2.45. The van der Waals surface area contributed by atoms with Gasteiger partial charge in [-0.2, -0.15) is 0 Å². The average molecular weight is 249 g/mol. The van der Waals surface area contributed by atoms with Crippen molar-refractivity contribution in [2.24, 2.45) is 0 Å². The second kappa shape index (κ2) is 7.36. The van der Waals surface area contributed by atoms with Crippen LogP contribution in [0, 0.1) is 0 Å². The molecule has 1 aliphatic rings. The molecule has 0 aromatic heterocycles. The molecule has 0 spiro atoms. The molecule has 2 rings (SSSR count). The van der Waals surface area contributed by atoms with E-state index in [2.05, 4.69) is 27.7 Å². The van der Waals surface area contributed by atoms with E-state index in [-0.39, 0.29) is 0 Å². The summed E-state index contributed by atoms with van der Waals surface area (Å²) in [7, 11) is 1.70. The number of nitrogens with zero attached hydrogens (tertiary/aromatic N) is 1. The monoisotopic (exact) mass is 249 g/mol. The van der Waals surface area contributed by atoms with Gasteiger partial charge in [0.15, 0.2) is 0 Å². The van der Waals surface area contributed by atoms with E-state index in [0.29, 0.717) is 0 Å². The van der Waals surface area contributed by atoms with Gasteiger partial charge >= 0.3 is 0 Å². The number of hydrogen-bond donors (Lipinski definition) is 2. The van der Waals surface area contributed by atoms with E-state index >= 15 is 0 Å². The molecule has 1 saturated heterocycles. The first-order valence-corrected chi connectivity index (χ1v) is 6.65. The van der Waals surface area contributed by atoms with Crippen molar-refractivity contribution in [2.45, 2.75) is 6.54 Å². The molecule has 0 radical (unpaired) electrons. The Balaban J connectivity index is 1.62. The fourth-order valence-corrected chi connectivity index (χ4v) is 2.15. The Hall–Kier alpha value is -1.10. The van der Waals surface area contributed by atoms with Gasteiger partial charge in [0.1, 0.15) is 5.75 Å². The number of ether oxygens (including phenoxy) is 1. The van der Waals surface area contributed by atoms with Crippen LogP contribution in [0.1, 0.15) is 5.56 Å². The zero-order chi connectivity index (χ0) is 12.6. The summed E-state index contributed by atoms with van der Waals surface area (Å²) in [5, 5.41) is 6.85. The Morgan fingerprint density at radius 3 is 2.61 bits per heavy atom. The van der Waals surface area contributed by atoms with Gasteiger partial charge in [-0.1, -0.05) is 12.1 Å². The number of benzene rings is 1. The van der Waals surface area contributed by atoms with Crippen LogP contribution in [0.5, 0.6) is 5.75 Å². The SMILES string of the molecule is COc1ccc(CNCCN2CCNCC2)cc1. The van der Waals surface area contributed by atoms with Crippen LogP contribution in [0.3, 0.4) is 0 Å². The molecule has 1 aliphatic heterocycles. The summed E-state index contributed by atoms with van der Waals surface area (Å²) >= 11 is 0. The predicted octanol–water partition coefficient (Wildman–Crippen LogP) is 0.690. The van der Waals surface area contributed by atoms with E-state index in [1.165, 1.54) is 18.7 Å². The first-order valence-electron chi connectivity index (χ1n) is 6.65. The highest BCUT2D eigenvalue weighted by Crippen LogP contribution is 2.10. The third-order valence-corrected chi connectivity index (χ3v) is 3.30. The van der Waals surface area contributed by atoms with Gasteiger partial charge in [0.2, 0.25) is 0 Å². The highest BCUT2D eigenvalue weighted by atomic mass is 16.5. The summed E-state index contributed by atoms with van der Waals surface area (Å²) in [6.07, 6.45) is 0. The molecular formula is C14H23N3O. The summed E-state index contributed by atoms with van der Waals surface area (Å²) < 4.78 is 5.14. The third-order valence-electron chi connectivity index (χ3n) is 3.30. The summed E-state index contributed by atoms with van der Waals surface area (Å²) in [5.41, 5.74) is 1.30. The molecule has 1 aromatic rings. The van der Waals surface area contributed by atoms with Crippen molar-refractivity contribution in [3.8, 4) is 5.75 Å². The van der Waals surface area contributed by atoms with E-state index in [9.17, 15) is 0 Å². The Bertz CT molecular complexity index is 333. The molecule has 18 heavy (non-hydrogen) atoms. The first-order chi connectivity index (χ1) is 8.88. The average Bonchev–Trinajstić information content (AvgIpc) is 2.45.